The monoisotopic (exact) mass is 726 g/mol. The summed E-state index contributed by atoms with van der Waals surface area (Å²) >= 11 is 12.2. The van der Waals surface area contributed by atoms with E-state index in [1.165, 1.54) is 11.1 Å². The summed E-state index contributed by atoms with van der Waals surface area (Å²) in [5.74, 6) is 1.42. The van der Waals surface area contributed by atoms with Gasteiger partial charge in [-0.1, -0.05) is 120 Å². The molecule has 1 N–H and O–H groups in total. The van der Waals surface area contributed by atoms with Gasteiger partial charge in [-0.05, 0) is 87.1 Å². The highest BCUT2D eigenvalue weighted by Gasteiger charge is 2.06. The maximum absolute atomic E-state index is 6.24. The van der Waals surface area contributed by atoms with Gasteiger partial charge in [-0.15, -0.1) is 0 Å². The second-order valence-electron chi connectivity index (χ2n) is 10.2. The van der Waals surface area contributed by atoms with Crippen LogP contribution in [0.2, 0.25) is 10.0 Å². The van der Waals surface area contributed by atoms with Crippen LogP contribution in [0.15, 0.2) is 138 Å². The van der Waals surface area contributed by atoms with E-state index in [2.05, 4.69) is 86.8 Å². The largest absolute Gasteiger partial charge is 0.497 e. The first-order valence-electron chi connectivity index (χ1n) is 17.1. The first-order chi connectivity index (χ1) is 23.9. The molecule has 7 heteroatoms. The minimum absolute atomic E-state index is 0.513. The fourth-order valence-electron chi connectivity index (χ4n) is 3.41. The highest BCUT2D eigenvalue weighted by atomic mass is 35.5. The Balaban J connectivity index is -0.000000783. The van der Waals surface area contributed by atoms with E-state index >= 15 is 0 Å². The van der Waals surface area contributed by atoms with Crippen molar-refractivity contribution in [2.45, 2.75) is 74.7 Å². The van der Waals surface area contributed by atoms with Crippen LogP contribution in [-0.4, -0.2) is 40.7 Å². The molecule has 0 bridgehead atoms. The van der Waals surface area contributed by atoms with Crippen LogP contribution < -0.4 is 5.32 Å². The molecule has 0 atom stereocenters. The van der Waals surface area contributed by atoms with Crippen LogP contribution in [0, 0.1) is 0 Å². The smallest absolute Gasteiger partial charge is 0.118 e. The molecule has 278 valence electrons. The van der Waals surface area contributed by atoms with Crippen LogP contribution in [0.1, 0.15) is 80.2 Å². The molecule has 0 fully saturated rings. The molecule has 0 saturated carbocycles. The molecule has 1 rings (SSSR count). The Morgan fingerprint density at radius 3 is 2.02 bits per heavy atom. The van der Waals surface area contributed by atoms with Crippen molar-refractivity contribution in [3.8, 4) is 0 Å². The molecular weight excluding hydrogens is 663 g/mol. The molecule has 0 amide bonds. The van der Waals surface area contributed by atoms with Crippen LogP contribution >= 0.6 is 23.2 Å². The van der Waals surface area contributed by atoms with Crippen molar-refractivity contribution in [1.82, 2.24) is 5.32 Å². The van der Waals surface area contributed by atoms with Crippen LogP contribution in [0.25, 0.3) is 5.70 Å². The average molecular weight is 728 g/mol. The van der Waals surface area contributed by atoms with E-state index in [4.69, 9.17) is 32.7 Å². The van der Waals surface area contributed by atoms with E-state index < -0.39 is 0 Å². The van der Waals surface area contributed by atoms with Gasteiger partial charge in [-0.2, -0.15) is 0 Å². The number of nitrogens with one attached hydrogen (secondary N) is 1. The van der Waals surface area contributed by atoms with Crippen molar-refractivity contribution < 1.29 is 14.2 Å². The molecule has 5 nitrogen and oxygen atoms in total. The van der Waals surface area contributed by atoms with Gasteiger partial charge in [0, 0.05) is 49.3 Å². The highest BCUT2D eigenvalue weighted by Crippen LogP contribution is 2.27. The molecule has 0 unspecified atom stereocenters. The maximum Gasteiger partial charge on any atom is 0.118 e. The van der Waals surface area contributed by atoms with Crippen LogP contribution in [0.4, 0.5) is 0 Å². The van der Waals surface area contributed by atoms with Gasteiger partial charge in [0.05, 0.1) is 23.6 Å². The minimum atomic E-state index is 0.513. The molecule has 0 spiro atoms. The number of ether oxygens (including phenoxy) is 3. The van der Waals surface area contributed by atoms with E-state index in [0.29, 0.717) is 33.7 Å². The van der Waals surface area contributed by atoms with E-state index in [0.717, 1.165) is 42.7 Å². The Labute approximate surface area is 315 Å². The Bertz CT molecular complexity index is 1360. The quantitative estimate of drug-likeness (QED) is 0.0929. The molecule has 0 saturated heterocycles. The molecule has 0 radical (unpaired) electrons. The van der Waals surface area contributed by atoms with Crippen molar-refractivity contribution in [3.05, 3.63) is 148 Å². The lowest BCUT2D eigenvalue weighted by molar-refractivity contribution is 0.244. The van der Waals surface area contributed by atoms with Gasteiger partial charge < -0.3 is 19.5 Å². The molecular formula is C43H64Cl2N2O3. The van der Waals surface area contributed by atoms with Crippen LogP contribution in [0.3, 0.4) is 0 Å². The third kappa shape index (κ3) is 27.1. The zero-order valence-corrected chi connectivity index (χ0v) is 34.2. The summed E-state index contributed by atoms with van der Waals surface area (Å²) in [7, 11) is 4.80. The Kier molecular flexibility index (Phi) is 35.5. The van der Waals surface area contributed by atoms with E-state index in [1.54, 1.807) is 51.8 Å². The number of rotatable bonds is 18. The third-order valence-electron chi connectivity index (χ3n) is 6.00. The summed E-state index contributed by atoms with van der Waals surface area (Å²) in [4.78, 5) is 4.43. The Morgan fingerprint density at radius 1 is 0.860 bits per heavy atom. The summed E-state index contributed by atoms with van der Waals surface area (Å²) in [6, 6.07) is 5.30. The lowest BCUT2D eigenvalue weighted by Crippen LogP contribution is -2.03. The topological polar surface area (TPSA) is 52.1 Å². The van der Waals surface area contributed by atoms with Crippen molar-refractivity contribution in [3.63, 3.8) is 0 Å². The summed E-state index contributed by atoms with van der Waals surface area (Å²) in [6.45, 7) is 29.5. The van der Waals surface area contributed by atoms with Gasteiger partial charge in [-0.25, -0.2) is 0 Å². The van der Waals surface area contributed by atoms with Crippen molar-refractivity contribution in [1.29, 1.82) is 0 Å². The number of halogens is 2. The standard InChI is InChI=1S/C21H32O.C18H20Cl2N2O.C2H6O.C2H6/c1-7-10-16-21(13-9-3)17-22-20(6)15-11-14-19(5)18(4)12-8-2;1-5-21-12-18(16-9-8-15(19)11-17(16)20)22-10-6-7-13(2)14(3)23-4;1-3-2;1-2/h10-16H,5,7-9,17H2,1-4,6H3;6-12,21H,2-3,5H2,1,4H3;1-2H3;1-2H3/b14-11-,16-10-,18-12+,20-15+,21-13+;7-6+,18-12-,22-10-;;. The van der Waals surface area contributed by atoms with Crippen LogP contribution in [-0.2, 0) is 14.2 Å². The summed E-state index contributed by atoms with van der Waals surface area (Å²) in [6.07, 6.45) is 24.8. The number of hydrogen-bond acceptors (Lipinski definition) is 5. The van der Waals surface area contributed by atoms with Crippen molar-refractivity contribution in [2.75, 3.05) is 34.5 Å². The van der Waals surface area contributed by atoms with Gasteiger partial charge in [0.15, 0.2) is 0 Å². The molecule has 0 aliphatic carbocycles. The van der Waals surface area contributed by atoms with E-state index in [-0.39, 0.29) is 0 Å². The average Bonchev–Trinajstić information content (AvgIpc) is 3.10. The second-order valence-corrected chi connectivity index (χ2v) is 11.0. The van der Waals surface area contributed by atoms with Crippen molar-refractivity contribution >= 4 is 35.1 Å². The van der Waals surface area contributed by atoms with Gasteiger partial charge in [0.1, 0.15) is 12.4 Å². The maximum atomic E-state index is 6.24. The lowest BCUT2D eigenvalue weighted by Gasteiger charge is -2.07. The van der Waals surface area contributed by atoms with Gasteiger partial charge in [0.25, 0.3) is 0 Å². The molecule has 0 aromatic heterocycles. The van der Waals surface area contributed by atoms with Crippen LogP contribution in [0.5, 0.6) is 0 Å². The lowest BCUT2D eigenvalue weighted by atomic mass is 10.1. The first kappa shape index (κ1) is 50.6. The molecule has 0 aliphatic heterocycles. The first-order valence-corrected chi connectivity index (χ1v) is 17.8. The SMILES string of the molecule is C=C(/C=C/C=N\C(=C/NCC)c1ccc(Cl)cc1Cl)C(=C)OC.C=C(/C=C\C=C(/C)OCC(/C=C\CC)=C/CC)/C(C)=C/CC.CC.COC. The summed E-state index contributed by atoms with van der Waals surface area (Å²) < 4.78 is 15.0. The zero-order chi connectivity index (χ0) is 38.7. The van der Waals surface area contributed by atoms with Gasteiger partial charge in [-0.3, -0.25) is 4.99 Å². The van der Waals surface area contributed by atoms with Crippen molar-refractivity contribution in [2.24, 2.45) is 4.99 Å². The number of aliphatic imine (C=N–C) groups is 1. The number of nitrogens with zero attached hydrogens (tertiary/aromatic N) is 1. The van der Waals surface area contributed by atoms with E-state index in [9.17, 15) is 0 Å². The molecule has 1 aromatic rings. The third-order valence-corrected chi connectivity index (χ3v) is 6.55. The van der Waals surface area contributed by atoms with Gasteiger partial charge >= 0.3 is 0 Å². The second kappa shape index (κ2) is 35.1. The summed E-state index contributed by atoms with van der Waals surface area (Å²) in [5, 5.41) is 4.25. The predicted octanol–water partition coefficient (Wildman–Crippen LogP) is 13.2. The summed E-state index contributed by atoms with van der Waals surface area (Å²) in [5.41, 5.74) is 5.68. The number of hydrogen-bond donors (Lipinski definition) is 1. The van der Waals surface area contributed by atoms with E-state index in [1.807, 2.05) is 58.2 Å². The van der Waals surface area contributed by atoms with Gasteiger partial charge in [0.2, 0.25) is 0 Å². The molecule has 1 aromatic carbocycles. The predicted molar refractivity (Wildman–Crippen MR) is 225 cm³/mol. The molecule has 0 heterocycles. The number of methoxy groups -OCH3 is 2. The fraction of sp³-hybridized carbons (Fsp3) is 0.372. The molecule has 50 heavy (non-hydrogen) atoms. The minimum Gasteiger partial charge on any atom is -0.497 e. The Hall–Kier alpha value is -3.77. The zero-order valence-electron chi connectivity index (χ0n) is 32.7. The number of allylic oxidation sites excluding steroid dienone is 11. The highest BCUT2D eigenvalue weighted by molar-refractivity contribution is 6.35. The molecule has 0 aliphatic rings. The number of benzene rings is 1. The Morgan fingerprint density at radius 2 is 1.48 bits per heavy atom. The normalized spacial score (nSPS) is 12.2. The fourth-order valence-corrected chi connectivity index (χ4v) is 3.91.